The number of rotatable bonds is 3. The van der Waals surface area contributed by atoms with E-state index in [4.69, 9.17) is 5.84 Å². The predicted molar refractivity (Wildman–Crippen MR) is 87.6 cm³/mol. The van der Waals surface area contributed by atoms with Gasteiger partial charge in [-0.25, -0.2) is 4.39 Å². The summed E-state index contributed by atoms with van der Waals surface area (Å²) in [5.41, 5.74) is 0.319. The maximum absolute atomic E-state index is 13.6. The fourth-order valence-electron chi connectivity index (χ4n) is 2.52. The average molecular weight is 347 g/mol. The molecule has 1 aromatic heterocycles. The first kappa shape index (κ1) is 16.9. The van der Waals surface area contributed by atoms with Crippen molar-refractivity contribution in [2.75, 3.05) is 0 Å². The Balaban J connectivity index is 1.96. The molecule has 7 heteroatoms. The van der Waals surface area contributed by atoms with Gasteiger partial charge in [-0.3, -0.25) is 4.98 Å². The largest absolute Gasteiger partial charge is 0.416 e. The van der Waals surface area contributed by atoms with Gasteiger partial charge in [-0.15, -0.1) is 0 Å². The molecule has 2 aromatic carbocycles. The number of pyridine rings is 1. The second-order valence-corrected chi connectivity index (χ2v) is 5.47. The number of fused-ring (bicyclic) bond motifs is 1. The van der Waals surface area contributed by atoms with E-state index in [0.29, 0.717) is 11.8 Å². The lowest BCUT2D eigenvalue weighted by molar-refractivity contribution is -0.137. The lowest BCUT2D eigenvalue weighted by Crippen LogP contribution is -2.13. The molecule has 3 aromatic rings. The van der Waals surface area contributed by atoms with Gasteiger partial charge in [0.15, 0.2) is 0 Å². The van der Waals surface area contributed by atoms with E-state index in [1.54, 1.807) is 6.07 Å². The molecule has 0 spiro atoms. The molecule has 0 saturated heterocycles. The van der Waals surface area contributed by atoms with Gasteiger partial charge in [0.1, 0.15) is 5.82 Å². The third kappa shape index (κ3) is 3.76. The first-order valence-corrected chi connectivity index (χ1v) is 7.36. The Kier molecular flexibility index (Phi) is 4.39. The number of nitrogens with two attached hydrogens (primary N) is 1. The van der Waals surface area contributed by atoms with Crippen LogP contribution in [0.15, 0.2) is 59.7 Å². The SMILES string of the molecule is NN=C(Cc1ccc2ccccc2n1)c1cc(F)cc(C(F)(F)F)c1. The zero-order valence-electron chi connectivity index (χ0n) is 12.9. The van der Waals surface area contributed by atoms with Crippen molar-refractivity contribution in [3.05, 3.63) is 77.2 Å². The highest BCUT2D eigenvalue weighted by molar-refractivity contribution is 6.02. The summed E-state index contributed by atoms with van der Waals surface area (Å²) in [4.78, 5) is 4.43. The Morgan fingerprint density at radius 2 is 1.80 bits per heavy atom. The number of para-hydroxylation sites is 1. The fourth-order valence-corrected chi connectivity index (χ4v) is 2.52. The molecule has 25 heavy (non-hydrogen) atoms. The molecule has 0 atom stereocenters. The van der Waals surface area contributed by atoms with Crippen LogP contribution in [0.4, 0.5) is 17.6 Å². The van der Waals surface area contributed by atoms with Crippen LogP contribution in [0.25, 0.3) is 10.9 Å². The Morgan fingerprint density at radius 3 is 2.52 bits per heavy atom. The van der Waals surface area contributed by atoms with Crippen molar-refractivity contribution in [1.29, 1.82) is 0 Å². The summed E-state index contributed by atoms with van der Waals surface area (Å²) in [6.45, 7) is 0. The Hall–Kier alpha value is -2.96. The minimum Gasteiger partial charge on any atom is -0.323 e. The third-order valence-electron chi connectivity index (χ3n) is 3.72. The lowest BCUT2D eigenvalue weighted by atomic mass is 10.0. The highest BCUT2D eigenvalue weighted by Crippen LogP contribution is 2.30. The number of halogens is 4. The number of hydrogen-bond acceptors (Lipinski definition) is 3. The van der Waals surface area contributed by atoms with Crippen LogP contribution in [0.3, 0.4) is 0 Å². The number of hydrazone groups is 1. The molecule has 0 aliphatic rings. The second kappa shape index (κ2) is 6.51. The Morgan fingerprint density at radius 1 is 1.04 bits per heavy atom. The Bertz CT molecular complexity index is 948. The highest BCUT2D eigenvalue weighted by atomic mass is 19.4. The van der Waals surface area contributed by atoms with Crippen molar-refractivity contribution >= 4 is 16.6 Å². The molecule has 3 rings (SSSR count). The van der Waals surface area contributed by atoms with Crippen LogP contribution in [-0.4, -0.2) is 10.7 Å². The number of alkyl halides is 3. The molecule has 0 bridgehead atoms. The van der Waals surface area contributed by atoms with Gasteiger partial charge in [-0.1, -0.05) is 24.3 Å². The van der Waals surface area contributed by atoms with E-state index >= 15 is 0 Å². The molecule has 0 aliphatic carbocycles. The third-order valence-corrected chi connectivity index (χ3v) is 3.72. The molecule has 0 saturated carbocycles. The van der Waals surface area contributed by atoms with Crippen LogP contribution in [0, 0.1) is 5.82 Å². The van der Waals surface area contributed by atoms with E-state index in [1.165, 1.54) is 0 Å². The molecule has 2 N–H and O–H groups in total. The maximum atomic E-state index is 13.6. The van der Waals surface area contributed by atoms with Gasteiger partial charge in [0, 0.05) is 23.1 Å². The Labute approximate surface area is 140 Å². The highest BCUT2D eigenvalue weighted by Gasteiger charge is 2.31. The molecule has 0 fully saturated rings. The molecule has 128 valence electrons. The zero-order chi connectivity index (χ0) is 18.0. The van der Waals surface area contributed by atoms with Crippen LogP contribution in [-0.2, 0) is 12.6 Å². The van der Waals surface area contributed by atoms with E-state index in [2.05, 4.69) is 10.1 Å². The van der Waals surface area contributed by atoms with Crippen molar-refractivity contribution < 1.29 is 17.6 Å². The van der Waals surface area contributed by atoms with Gasteiger partial charge in [-0.05, 0) is 30.3 Å². The molecule has 1 heterocycles. The second-order valence-electron chi connectivity index (χ2n) is 5.47. The van der Waals surface area contributed by atoms with Gasteiger partial charge in [0.25, 0.3) is 0 Å². The van der Waals surface area contributed by atoms with Gasteiger partial charge in [-0.2, -0.15) is 18.3 Å². The molecule has 0 unspecified atom stereocenters. The molecular formula is C18H13F4N3. The van der Waals surface area contributed by atoms with Gasteiger partial charge >= 0.3 is 6.18 Å². The predicted octanol–water partition coefficient (Wildman–Crippen LogP) is 4.30. The molecule has 0 radical (unpaired) electrons. The summed E-state index contributed by atoms with van der Waals surface area (Å²) in [5.74, 6) is 4.33. The van der Waals surface area contributed by atoms with E-state index in [-0.39, 0.29) is 17.7 Å². The van der Waals surface area contributed by atoms with E-state index < -0.39 is 17.6 Å². The van der Waals surface area contributed by atoms with Crippen LogP contribution in [0.5, 0.6) is 0 Å². The minimum atomic E-state index is -4.66. The van der Waals surface area contributed by atoms with Crippen molar-refractivity contribution in [2.24, 2.45) is 10.9 Å². The van der Waals surface area contributed by atoms with E-state index in [0.717, 1.165) is 23.0 Å². The standard InChI is InChI=1S/C18H13F4N3/c19-14-8-12(7-13(9-14)18(20,21)22)17(25-23)10-15-6-5-11-3-1-2-4-16(11)24-15/h1-9H,10,23H2. The van der Waals surface area contributed by atoms with Crippen LogP contribution >= 0.6 is 0 Å². The first-order valence-electron chi connectivity index (χ1n) is 7.36. The molecular weight excluding hydrogens is 334 g/mol. The summed E-state index contributed by atoms with van der Waals surface area (Å²) >= 11 is 0. The molecule has 3 nitrogen and oxygen atoms in total. The van der Waals surface area contributed by atoms with Crippen molar-refractivity contribution in [3.8, 4) is 0 Å². The van der Waals surface area contributed by atoms with Crippen molar-refractivity contribution in [2.45, 2.75) is 12.6 Å². The lowest BCUT2D eigenvalue weighted by Gasteiger charge is -2.11. The van der Waals surface area contributed by atoms with Gasteiger partial charge in [0.05, 0.1) is 16.8 Å². The number of nitrogens with zero attached hydrogens (tertiary/aromatic N) is 2. The van der Waals surface area contributed by atoms with Crippen molar-refractivity contribution in [3.63, 3.8) is 0 Å². The zero-order valence-corrected chi connectivity index (χ0v) is 12.9. The fraction of sp³-hybridized carbons (Fsp3) is 0.111. The van der Waals surface area contributed by atoms with Gasteiger partial charge in [0.2, 0.25) is 0 Å². The van der Waals surface area contributed by atoms with Crippen LogP contribution in [0.2, 0.25) is 0 Å². The summed E-state index contributed by atoms with van der Waals surface area (Å²) < 4.78 is 52.2. The monoisotopic (exact) mass is 347 g/mol. The summed E-state index contributed by atoms with van der Waals surface area (Å²) in [6, 6.07) is 13.2. The summed E-state index contributed by atoms with van der Waals surface area (Å²) in [6.07, 6.45) is -4.57. The average Bonchev–Trinajstić information content (AvgIpc) is 2.58. The number of benzene rings is 2. The molecule has 0 aliphatic heterocycles. The van der Waals surface area contributed by atoms with Crippen LogP contribution < -0.4 is 5.84 Å². The van der Waals surface area contributed by atoms with E-state index in [9.17, 15) is 17.6 Å². The summed E-state index contributed by atoms with van der Waals surface area (Å²) in [5, 5.41) is 4.47. The molecule has 0 amide bonds. The number of aromatic nitrogens is 1. The summed E-state index contributed by atoms with van der Waals surface area (Å²) in [7, 11) is 0. The van der Waals surface area contributed by atoms with Crippen molar-refractivity contribution in [1.82, 2.24) is 4.98 Å². The normalized spacial score (nSPS) is 12.6. The first-order chi connectivity index (χ1) is 11.9. The minimum absolute atomic E-state index is 0.0233. The smallest absolute Gasteiger partial charge is 0.323 e. The van der Waals surface area contributed by atoms with Crippen LogP contribution in [0.1, 0.15) is 16.8 Å². The topological polar surface area (TPSA) is 51.3 Å². The van der Waals surface area contributed by atoms with E-state index in [1.807, 2.05) is 30.3 Å². The maximum Gasteiger partial charge on any atom is 0.416 e. The van der Waals surface area contributed by atoms with Gasteiger partial charge < -0.3 is 5.84 Å². The number of hydrogen-bond donors (Lipinski definition) is 1. The quantitative estimate of drug-likeness (QED) is 0.332.